The average Bonchev–Trinajstić information content (AvgIpc) is 2.48. The third-order valence-electron chi connectivity index (χ3n) is 4.04. The third kappa shape index (κ3) is 4.68. The molecule has 2 rings (SSSR count). The number of nitrogens with one attached hydrogen (secondary N) is 1. The summed E-state index contributed by atoms with van der Waals surface area (Å²) < 4.78 is 27.2. The predicted molar refractivity (Wildman–Crippen MR) is 83.8 cm³/mol. The van der Waals surface area contributed by atoms with Crippen LogP contribution >= 0.6 is 11.6 Å². The summed E-state index contributed by atoms with van der Waals surface area (Å²) in [6.07, 6.45) is 7.07. The highest BCUT2D eigenvalue weighted by atomic mass is 35.5. The van der Waals surface area contributed by atoms with Gasteiger partial charge >= 0.3 is 0 Å². The van der Waals surface area contributed by atoms with E-state index in [9.17, 15) is 8.42 Å². The van der Waals surface area contributed by atoms with Crippen LogP contribution < -0.4 is 4.72 Å². The molecular weight excluding hydrogens is 310 g/mol. The van der Waals surface area contributed by atoms with Crippen molar-refractivity contribution < 1.29 is 13.5 Å². The molecule has 0 atom stereocenters. The van der Waals surface area contributed by atoms with E-state index in [2.05, 4.69) is 4.72 Å². The highest BCUT2D eigenvalue weighted by molar-refractivity contribution is 7.89. The van der Waals surface area contributed by atoms with Gasteiger partial charge in [-0.1, -0.05) is 49.8 Å². The number of aliphatic hydroxyl groups excluding tert-OH is 1. The first kappa shape index (κ1) is 16.7. The highest BCUT2D eigenvalue weighted by Crippen LogP contribution is 2.26. The Hall–Kier alpha value is -0.620. The molecule has 0 aromatic heterocycles. The Kier molecular flexibility index (Phi) is 6.05. The van der Waals surface area contributed by atoms with Crippen molar-refractivity contribution in [1.29, 1.82) is 0 Å². The summed E-state index contributed by atoms with van der Waals surface area (Å²) in [6, 6.07) is 4.54. The molecule has 0 spiro atoms. The quantitative estimate of drug-likeness (QED) is 0.841. The van der Waals surface area contributed by atoms with Gasteiger partial charge in [-0.15, -0.1) is 0 Å². The Morgan fingerprint density at radius 3 is 2.62 bits per heavy atom. The fourth-order valence-corrected chi connectivity index (χ4v) is 4.40. The lowest BCUT2D eigenvalue weighted by atomic mass is 9.87. The van der Waals surface area contributed by atoms with Gasteiger partial charge in [0.05, 0.1) is 11.6 Å². The summed E-state index contributed by atoms with van der Waals surface area (Å²) in [5.74, 6) is 0.626. The van der Waals surface area contributed by atoms with E-state index in [1.54, 1.807) is 6.07 Å². The molecule has 4 nitrogen and oxygen atoms in total. The summed E-state index contributed by atoms with van der Waals surface area (Å²) >= 11 is 5.96. The largest absolute Gasteiger partial charge is 0.392 e. The summed E-state index contributed by atoms with van der Waals surface area (Å²) in [7, 11) is -3.62. The maximum atomic E-state index is 12.3. The van der Waals surface area contributed by atoms with Crippen LogP contribution in [0.2, 0.25) is 5.02 Å². The van der Waals surface area contributed by atoms with Gasteiger partial charge in [0, 0.05) is 6.54 Å². The lowest BCUT2D eigenvalue weighted by molar-refractivity contribution is 0.281. The molecule has 1 aromatic carbocycles. The van der Waals surface area contributed by atoms with Crippen LogP contribution in [0.25, 0.3) is 0 Å². The summed E-state index contributed by atoms with van der Waals surface area (Å²) in [5.41, 5.74) is 0.534. The van der Waals surface area contributed by atoms with Gasteiger partial charge in [0.2, 0.25) is 10.0 Å². The van der Waals surface area contributed by atoms with E-state index in [0.29, 0.717) is 18.0 Å². The van der Waals surface area contributed by atoms with Gasteiger partial charge in [0.1, 0.15) is 4.90 Å². The SMILES string of the molecule is O=S(=O)(NCCC1CCCCC1)c1cc(CO)ccc1Cl. The maximum Gasteiger partial charge on any atom is 0.242 e. The Morgan fingerprint density at radius 2 is 1.95 bits per heavy atom. The smallest absolute Gasteiger partial charge is 0.242 e. The molecule has 0 unspecified atom stereocenters. The van der Waals surface area contributed by atoms with Crippen LogP contribution in [0.15, 0.2) is 23.1 Å². The molecule has 118 valence electrons. The fourth-order valence-electron chi connectivity index (χ4n) is 2.80. The van der Waals surface area contributed by atoms with Gasteiger partial charge in [0.25, 0.3) is 0 Å². The minimum atomic E-state index is -3.62. The zero-order valence-electron chi connectivity index (χ0n) is 12.0. The Labute approximate surface area is 131 Å². The van der Waals surface area contributed by atoms with Gasteiger partial charge in [0.15, 0.2) is 0 Å². The Morgan fingerprint density at radius 1 is 1.24 bits per heavy atom. The zero-order chi connectivity index (χ0) is 15.3. The van der Waals surface area contributed by atoms with Crippen LogP contribution in [-0.4, -0.2) is 20.1 Å². The van der Waals surface area contributed by atoms with Gasteiger partial charge < -0.3 is 5.11 Å². The van der Waals surface area contributed by atoms with E-state index in [1.165, 1.54) is 44.2 Å². The standard InChI is InChI=1S/C15H22ClNO3S/c16-14-7-6-13(11-18)10-15(14)21(19,20)17-9-8-12-4-2-1-3-5-12/h6-7,10,12,17-18H,1-5,8-9,11H2. The molecule has 6 heteroatoms. The normalized spacial score (nSPS) is 17.0. The highest BCUT2D eigenvalue weighted by Gasteiger charge is 2.19. The predicted octanol–water partition coefficient (Wildman–Crippen LogP) is 3.08. The molecule has 1 aliphatic rings. The first-order valence-electron chi connectivity index (χ1n) is 7.42. The molecule has 1 saturated carbocycles. The first-order chi connectivity index (χ1) is 10.0. The first-order valence-corrected chi connectivity index (χ1v) is 9.28. The van der Waals surface area contributed by atoms with Gasteiger partial charge in [-0.3, -0.25) is 0 Å². The van der Waals surface area contributed by atoms with Crippen LogP contribution in [0.1, 0.15) is 44.1 Å². The molecule has 0 aliphatic heterocycles. The van der Waals surface area contributed by atoms with Crippen molar-refractivity contribution in [3.05, 3.63) is 28.8 Å². The molecule has 0 heterocycles. The Bertz CT molecular complexity index is 568. The topological polar surface area (TPSA) is 66.4 Å². The van der Waals surface area contributed by atoms with Crippen molar-refractivity contribution >= 4 is 21.6 Å². The van der Waals surface area contributed by atoms with Crippen molar-refractivity contribution in [3.63, 3.8) is 0 Å². The van der Waals surface area contributed by atoms with E-state index >= 15 is 0 Å². The van der Waals surface area contributed by atoms with Crippen molar-refractivity contribution in [2.45, 2.75) is 50.0 Å². The zero-order valence-corrected chi connectivity index (χ0v) is 13.6. The van der Waals surface area contributed by atoms with Crippen molar-refractivity contribution in [1.82, 2.24) is 4.72 Å². The van der Waals surface area contributed by atoms with E-state index < -0.39 is 10.0 Å². The van der Waals surface area contributed by atoms with Crippen LogP contribution in [0.5, 0.6) is 0 Å². The number of aliphatic hydroxyl groups is 1. The number of halogens is 1. The van der Waals surface area contributed by atoms with Gasteiger partial charge in [-0.05, 0) is 30.0 Å². The second-order valence-corrected chi connectivity index (χ2v) is 7.76. The molecule has 0 saturated heterocycles. The number of rotatable bonds is 6. The van der Waals surface area contributed by atoms with Crippen LogP contribution in [0, 0.1) is 5.92 Å². The summed E-state index contributed by atoms with van der Waals surface area (Å²) in [4.78, 5) is 0.0411. The second-order valence-electron chi connectivity index (χ2n) is 5.61. The molecule has 21 heavy (non-hydrogen) atoms. The van der Waals surface area contributed by atoms with E-state index in [-0.39, 0.29) is 16.5 Å². The Balaban J connectivity index is 1.97. The van der Waals surface area contributed by atoms with Crippen molar-refractivity contribution in [2.75, 3.05) is 6.54 Å². The van der Waals surface area contributed by atoms with Crippen LogP contribution in [0.4, 0.5) is 0 Å². The molecule has 2 N–H and O–H groups in total. The fraction of sp³-hybridized carbons (Fsp3) is 0.600. The number of hydrogen-bond acceptors (Lipinski definition) is 3. The minimum absolute atomic E-state index is 0.0411. The molecular formula is C15H22ClNO3S. The van der Waals surface area contributed by atoms with E-state index in [1.807, 2.05) is 0 Å². The summed E-state index contributed by atoms with van der Waals surface area (Å²) in [5, 5.41) is 9.28. The van der Waals surface area contributed by atoms with Gasteiger partial charge in [-0.25, -0.2) is 13.1 Å². The van der Waals surface area contributed by atoms with Crippen molar-refractivity contribution in [3.8, 4) is 0 Å². The number of sulfonamides is 1. The van der Waals surface area contributed by atoms with E-state index in [4.69, 9.17) is 16.7 Å². The lowest BCUT2D eigenvalue weighted by Gasteiger charge is -2.21. The maximum absolute atomic E-state index is 12.3. The van der Waals surface area contributed by atoms with Crippen LogP contribution in [-0.2, 0) is 16.6 Å². The molecule has 0 bridgehead atoms. The monoisotopic (exact) mass is 331 g/mol. The molecule has 0 radical (unpaired) electrons. The molecule has 1 fully saturated rings. The molecule has 1 aromatic rings. The minimum Gasteiger partial charge on any atom is -0.392 e. The molecule has 1 aliphatic carbocycles. The number of hydrogen-bond donors (Lipinski definition) is 2. The summed E-state index contributed by atoms with van der Waals surface area (Å²) in [6.45, 7) is 0.231. The number of benzene rings is 1. The second kappa shape index (κ2) is 7.58. The molecule has 0 amide bonds. The lowest BCUT2D eigenvalue weighted by Crippen LogP contribution is -2.27. The van der Waals surface area contributed by atoms with Gasteiger partial charge in [-0.2, -0.15) is 0 Å². The third-order valence-corrected chi connectivity index (χ3v) is 5.98. The average molecular weight is 332 g/mol. The van der Waals surface area contributed by atoms with E-state index in [0.717, 1.165) is 6.42 Å². The van der Waals surface area contributed by atoms with Crippen LogP contribution in [0.3, 0.4) is 0 Å². The van der Waals surface area contributed by atoms with Crippen molar-refractivity contribution in [2.24, 2.45) is 5.92 Å².